The zero-order chi connectivity index (χ0) is 12.1. The number of rotatable bonds is 4. The van der Waals surface area contributed by atoms with Crippen LogP contribution in [0.25, 0.3) is 0 Å². The van der Waals surface area contributed by atoms with Crippen LogP contribution >= 0.6 is 0 Å². The van der Waals surface area contributed by atoms with E-state index in [0.29, 0.717) is 5.56 Å². The average molecular weight is 221 g/mol. The van der Waals surface area contributed by atoms with Gasteiger partial charge in [0.1, 0.15) is 5.75 Å². The van der Waals surface area contributed by atoms with Crippen LogP contribution in [0.15, 0.2) is 18.2 Å². The number of aromatic hydroxyl groups is 1. The van der Waals surface area contributed by atoms with Crippen molar-refractivity contribution >= 4 is 5.91 Å². The lowest BCUT2D eigenvalue weighted by Gasteiger charge is -2.17. The summed E-state index contributed by atoms with van der Waals surface area (Å²) in [5.41, 5.74) is 1.36. The normalized spacial score (nSPS) is 10.2. The average Bonchev–Trinajstić information content (AvgIpc) is 2.28. The summed E-state index contributed by atoms with van der Waals surface area (Å²) in [6, 6.07) is 4.95. The van der Waals surface area contributed by atoms with E-state index < -0.39 is 0 Å². The summed E-state index contributed by atoms with van der Waals surface area (Å²) < 4.78 is 0. The van der Waals surface area contributed by atoms with E-state index >= 15 is 0 Å². The number of carbonyl (C=O) groups is 1. The summed E-state index contributed by atoms with van der Waals surface area (Å²) in [6.45, 7) is 4.66. The standard InChI is InChI=1S/C13H19NO2/c1-4-5-8-14(3)13(16)11-6-7-12(15)10(2)9-11/h6-7,9,15H,4-5,8H2,1-3H3. The Bertz CT molecular complexity index is 374. The van der Waals surface area contributed by atoms with Gasteiger partial charge in [-0.2, -0.15) is 0 Å². The third-order valence-electron chi connectivity index (χ3n) is 2.64. The molecule has 1 rings (SSSR count). The Kier molecular flexibility index (Phi) is 4.35. The van der Waals surface area contributed by atoms with Crippen LogP contribution < -0.4 is 0 Å². The zero-order valence-electron chi connectivity index (χ0n) is 10.2. The summed E-state index contributed by atoms with van der Waals surface area (Å²) in [5.74, 6) is 0.240. The maximum Gasteiger partial charge on any atom is 0.253 e. The first-order chi connectivity index (χ1) is 7.56. The molecule has 3 heteroatoms. The van der Waals surface area contributed by atoms with Crippen molar-refractivity contribution in [2.75, 3.05) is 13.6 Å². The third kappa shape index (κ3) is 2.99. The van der Waals surface area contributed by atoms with Crippen LogP contribution in [0, 0.1) is 6.92 Å². The van der Waals surface area contributed by atoms with Gasteiger partial charge in [-0.25, -0.2) is 0 Å². The van der Waals surface area contributed by atoms with Crippen LogP contribution in [0.1, 0.15) is 35.7 Å². The molecule has 0 heterocycles. The Balaban J connectivity index is 2.76. The SMILES string of the molecule is CCCCN(C)C(=O)c1ccc(O)c(C)c1. The van der Waals surface area contributed by atoms with E-state index in [0.717, 1.165) is 24.9 Å². The Morgan fingerprint density at radius 3 is 2.69 bits per heavy atom. The highest BCUT2D eigenvalue weighted by atomic mass is 16.3. The summed E-state index contributed by atoms with van der Waals surface area (Å²) in [4.78, 5) is 13.7. The molecule has 0 saturated carbocycles. The maximum absolute atomic E-state index is 12.0. The molecular formula is C13H19NO2. The van der Waals surface area contributed by atoms with E-state index in [2.05, 4.69) is 6.92 Å². The van der Waals surface area contributed by atoms with Gasteiger partial charge < -0.3 is 10.0 Å². The zero-order valence-corrected chi connectivity index (χ0v) is 10.2. The van der Waals surface area contributed by atoms with Crippen molar-refractivity contribution in [1.82, 2.24) is 4.90 Å². The topological polar surface area (TPSA) is 40.5 Å². The molecule has 0 bridgehead atoms. The van der Waals surface area contributed by atoms with Crippen molar-refractivity contribution in [3.63, 3.8) is 0 Å². The van der Waals surface area contributed by atoms with Crippen molar-refractivity contribution in [2.24, 2.45) is 0 Å². The minimum Gasteiger partial charge on any atom is -0.508 e. The van der Waals surface area contributed by atoms with Crippen LogP contribution in [-0.2, 0) is 0 Å². The number of carbonyl (C=O) groups excluding carboxylic acids is 1. The Labute approximate surface area is 96.7 Å². The number of phenols is 1. The number of hydrogen-bond donors (Lipinski definition) is 1. The second-order valence-corrected chi connectivity index (χ2v) is 4.08. The molecule has 0 aliphatic carbocycles. The molecule has 88 valence electrons. The quantitative estimate of drug-likeness (QED) is 0.849. The highest BCUT2D eigenvalue weighted by Crippen LogP contribution is 2.17. The Hall–Kier alpha value is -1.51. The lowest BCUT2D eigenvalue weighted by molar-refractivity contribution is 0.0793. The predicted molar refractivity (Wildman–Crippen MR) is 64.7 cm³/mol. The highest BCUT2D eigenvalue weighted by molar-refractivity contribution is 5.94. The number of phenolic OH excluding ortho intramolecular Hbond substituents is 1. The van der Waals surface area contributed by atoms with Crippen LogP contribution in [0.4, 0.5) is 0 Å². The largest absolute Gasteiger partial charge is 0.508 e. The summed E-state index contributed by atoms with van der Waals surface area (Å²) in [5, 5.41) is 9.38. The van der Waals surface area contributed by atoms with Crippen LogP contribution in [0.2, 0.25) is 0 Å². The molecule has 0 aliphatic heterocycles. The van der Waals surface area contributed by atoms with Gasteiger partial charge in [-0.3, -0.25) is 4.79 Å². The Morgan fingerprint density at radius 2 is 2.12 bits per heavy atom. The van der Waals surface area contributed by atoms with Gasteiger partial charge in [0.15, 0.2) is 0 Å². The second-order valence-electron chi connectivity index (χ2n) is 4.08. The molecule has 0 fully saturated rings. The number of nitrogens with zero attached hydrogens (tertiary/aromatic N) is 1. The molecule has 0 aromatic heterocycles. The fraction of sp³-hybridized carbons (Fsp3) is 0.462. The van der Waals surface area contributed by atoms with Gasteiger partial charge in [-0.1, -0.05) is 13.3 Å². The minimum atomic E-state index is 0.0107. The first-order valence-electron chi connectivity index (χ1n) is 5.61. The van der Waals surface area contributed by atoms with E-state index in [4.69, 9.17) is 0 Å². The van der Waals surface area contributed by atoms with Gasteiger partial charge in [-0.05, 0) is 37.1 Å². The molecule has 0 aliphatic rings. The molecule has 1 amide bonds. The lowest BCUT2D eigenvalue weighted by atomic mass is 10.1. The summed E-state index contributed by atoms with van der Waals surface area (Å²) in [6.07, 6.45) is 2.09. The molecule has 0 spiro atoms. The fourth-order valence-electron chi connectivity index (χ4n) is 1.51. The van der Waals surface area contributed by atoms with Crippen molar-refractivity contribution in [3.8, 4) is 5.75 Å². The van der Waals surface area contributed by atoms with Gasteiger partial charge in [0.25, 0.3) is 5.91 Å². The molecule has 0 saturated heterocycles. The van der Waals surface area contributed by atoms with Crippen LogP contribution in [0.5, 0.6) is 5.75 Å². The Morgan fingerprint density at radius 1 is 1.44 bits per heavy atom. The van der Waals surface area contributed by atoms with E-state index in [1.807, 2.05) is 0 Å². The van der Waals surface area contributed by atoms with Crippen LogP contribution in [0.3, 0.4) is 0 Å². The number of benzene rings is 1. The van der Waals surface area contributed by atoms with Crippen molar-refractivity contribution in [1.29, 1.82) is 0 Å². The number of aryl methyl sites for hydroxylation is 1. The van der Waals surface area contributed by atoms with E-state index in [9.17, 15) is 9.90 Å². The minimum absolute atomic E-state index is 0.0107. The molecule has 16 heavy (non-hydrogen) atoms. The first-order valence-corrected chi connectivity index (χ1v) is 5.61. The smallest absolute Gasteiger partial charge is 0.253 e. The molecule has 1 aromatic rings. The van der Waals surface area contributed by atoms with Gasteiger partial charge in [0.05, 0.1) is 0 Å². The molecule has 0 atom stereocenters. The molecule has 3 nitrogen and oxygen atoms in total. The molecule has 1 aromatic carbocycles. The molecule has 0 unspecified atom stereocenters. The lowest BCUT2D eigenvalue weighted by Crippen LogP contribution is -2.27. The van der Waals surface area contributed by atoms with E-state index in [1.165, 1.54) is 0 Å². The highest BCUT2D eigenvalue weighted by Gasteiger charge is 2.11. The second kappa shape index (κ2) is 5.54. The molecular weight excluding hydrogens is 202 g/mol. The monoisotopic (exact) mass is 221 g/mol. The van der Waals surface area contributed by atoms with Crippen molar-refractivity contribution in [2.45, 2.75) is 26.7 Å². The van der Waals surface area contributed by atoms with E-state index in [1.54, 1.807) is 37.1 Å². The maximum atomic E-state index is 12.0. The van der Waals surface area contributed by atoms with Gasteiger partial charge >= 0.3 is 0 Å². The van der Waals surface area contributed by atoms with Crippen molar-refractivity contribution in [3.05, 3.63) is 29.3 Å². The first kappa shape index (κ1) is 12.6. The third-order valence-corrected chi connectivity index (χ3v) is 2.64. The predicted octanol–water partition coefficient (Wildman–Crippen LogP) is 2.57. The number of unbranched alkanes of at least 4 members (excludes halogenated alkanes) is 1. The van der Waals surface area contributed by atoms with E-state index in [-0.39, 0.29) is 11.7 Å². The van der Waals surface area contributed by atoms with Crippen molar-refractivity contribution < 1.29 is 9.90 Å². The fourth-order valence-corrected chi connectivity index (χ4v) is 1.51. The van der Waals surface area contributed by atoms with Gasteiger partial charge in [0, 0.05) is 19.2 Å². The van der Waals surface area contributed by atoms with Crippen LogP contribution in [-0.4, -0.2) is 29.5 Å². The number of amides is 1. The van der Waals surface area contributed by atoms with Gasteiger partial charge in [-0.15, -0.1) is 0 Å². The van der Waals surface area contributed by atoms with Gasteiger partial charge in [0.2, 0.25) is 0 Å². The number of hydrogen-bond acceptors (Lipinski definition) is 2. The molecule has 0 radical (unpaired) electrons. The summed E-state index contributed by atoms with van der Waals surface area (Å²) >= 11 is 0. The molecule has 1 N–H and O–H groups in total. The summed E-state index contributed by atoms with van der Waals surface area (Å²) in [7, 11) is 1.81.